The third kappa shape index (κ3) is 5.83. The first-order chi connectivity index (χ1) is 18.2. The summed E-state index contributed by atoms with van der Waals surface area (Å²) in [4.78, 5) is 28.2. The number of aliphatic hydroxyl groups is 1. The monoisotopic (exact) mass is 515 g/mol. The molecular weight excluding hydrogens is 482 g/mol. The van der Waals surface area contributed by atoms with Crippen molar-refractivity contribution in [3.05, 3.63) is 95.1 Å². The van der Waals surface area contributed by atoms with Gasteiger partial charge in [-0.05, 0) is 75.2 Å². The Labute approximate surface area is 223 Å². The number of rotatable bonds is 9. The number of aliphatic hydroxyl groups excluding tert-OH is 1. The Balaban J connectivity index is 1.77. The van der Waals surface area contributed by atoms with Crippen LogP contribution in [0.2, 0.25) is 0 Å². The molecule has 1 aliphatic rings. The van der Waals surface area contributed by atoms with Gasteiger partial charge in [0.15, 0.2) is 0 Å². The highest BCUT2D eigenvalue weighted by Crippen LogP contribution is 2.41. The van der Waals surface area contributed by atoms with Gasteiger partial charge in [-0.1, -0.05) is 36.4 Å². The quantitative estimate of drug-likeness (QED) is 0.217. The van der Waals surface area contributed by atoms with Gasteiger partial charge in [-0.25, -0.2) is 0 Å². The Morgan fingerprint density at radius 3 is 2.05 bits per heavy atom. The van der Waals surface area contributed by atoms with Gasteiger partial charge >= 0.3 is 0 Å². The van der Waals surface area contributed by atoms with Crippen molar-refractivity contribution >= 4 is 17.4 Å². The number of Topliss-reactive ketones (excluding diaryl/α,β-unsaturated/α-hetero) is 1. The van der Waals surface area contributed by atoms with Crippen molar-refractivity contribution in [1.29, 1.82) is 0 Å². The molecule has 1 unspecified atom stereocenters. The minimum atomic E-state index is -0.790. The summed E-state index contributed by atoms with van der Waals surface area (Å²) in [5.74, 6) is 0.262. The second-order valence-corrected chi connectivity index (χ2v) is 9.71. The summed E-state index contributed by atoms with van der Waals surface area (Å²) in [6.45, 7) is 7.89. The van der Waals surface area contributed by atoms with E-state index in [2.05, 4.69) is 0 Å². The Kier molecular flexibility index (Phi) is 8.05. The molecule has 0 radical (unpaired) electrons. The number of likely N-dealkylation sites (tertiary alicyclic amines) is 1. The lowest BCUT2D eigenvalue weighted by atomic mass is 9.95. The lowest BCUT2D eigenvalue weighted by molar-refractivity contribution is -0.140. The lowest BCUT2D eigenvalue weighted by Gasteiger charge is -2.26. The summed E-state index contributed by atoms with van der Waals surface area (Å²) in [5.41, 5.74) is 1.94. The maximum absolute atomic E-state index is 13.4. The molecule has 1 N–H and O–H groups in total. The van der Waals surface area contributed by atoms with Crippen molar-refractivity contribution in [3.63, 3.8) is 0 Å². The van der Waals surface area contributed by atoms with Crippen molar-refractivity contribution in [2.45, 2.75) is 52.5 Å². The molecule has 1 amide bonds. The minimum absolute atomic E-state index is 0.0293. The van der Waals surface area contributed by atoms with E-state index in [9.17, 15) is 14.7 Å². The first-order valence-corrected chi connectivity index (χ1v) is 12.6. The molecule has 1 saturated heterocycles. The third-order valence-corrected chi connectivity index (χ3v) is 6.10. The molecule has 0 aliphatic carbocycles. The SMILES string of the molecule is COc1ccc(C2/C(=C(/O)c3cccc(OC(C)C)c3)C(=O)C(=O)N2Cc2ccc(OC(C)C)cc2)cc1. The number of ketones is 1. The van der Waals surface area contributed by atoms with Crippen LogP contribution in [0.25, 0.3) is 5.76 Å². The predicted molar refractivity (Wildman–Crippen MR) is 145 cm³/mol. The molecule has 7 heteroatoms. The number of methoxy groups -OCH3 is 1. The molecule has 3 aromatic rings. The zero-order valence-electron chi connectivity index (χ0n) is 22.3. The predicted octanol–water partition coefficient (Wildman–Crippen LogP) is 5.89. The van der Waals surface area contributed by atoms with Crippen molar-refractivity contribution in [1.82, 2.24) is 4.90 Å². The highest BCUT2D eigenvalue weighted by Gasteiger charge is 2.46. The molecule has 38 heavy (non-hydrogen) atoms. The molecule has 0 saturated carbocycles. The summed E-state index contributed by atoms with van der Waals surface area (Å²) in [6, 6.07) is 20.6. The van der Waals surface area contributed by atoms with Gasteiger partial charge in [-0.2, -0.15) is 0 Å². The van der Waals surface area contributed by atoms with Crippen LogP contribution >= 0.6 is 0 Å². The standard InChI is InChI=1S/C31H33NO6/c1-19(2)37-25-13-9-21(10-14-25)18-32-28(22-11-15-24(36-5)16-12-22)27(30(34)31(32)35)29(33)23-7-6-8-26(17-23)38-20(3)4/h6-17,19-20,28,33H,18H2,1-5H3/b29-27-. The highest BCUT2D eigenvalue weighted by molar-refractivity contribution is 6.46. The Morgan fingerprint density at radius 2 is 1.45 bits per heavy atom. The van der Waals surface area contributed by atoms with Gasteiger partial charge in [-0.15, -0.1) is 0 Å². The molecule has 7 nitrogen and oxygen atoms in total. The molecule has 0 spiro atoms. The van der Waals surface area contributed by atoms with Crippen LogP contribution in [0.4, 0.5) is 0 Å². The van der Waals surface area contributed by atoms with E-state index in [1.165, 1.54) is 4.90 Å². The molecular formula is C31H33NO6. The smallest absolute Gasteiger partial charge is 0.295 e. The first-order valence-electron chi connectivity index (χ1n) is 12.6. The molecule has 1 atom stereocenters. The molecule has 0 aromatic heterocycles. The second kappa shape index (κ2) is 11.4. The van der Waals surface area contributed by atoms with E-state index in [0.717, 1.165) is 11.3 Å². The van der Waals surface area contributed by atoms with E-state index in [1.54, 1.807) is 55.6 Å². The Morgan fingerprint density at radius 1 is 0.842 bits per heavy atom. The van der Waals surface area contributed by atoms with Crippen LogP contribution in [0.15, 0.2) is 78.4 Å². The van der Waals surface area contributed by atoms with Crippen molar-refractivity contribution in [2.75, 3.05) is 7.11 Å². The first kappa shape index (κ1) is 26.8. The topological polar surface area (TPSA) is 85.3 Å². The maximum Gasteiger partial charge on any atom is 0.295 e. The van der Waals surface area contributed by atoms with Crippen LogP contribution in [0.1, 0.15) is 50.4 Å². The number of ether oxygens (including phenoxy) is 3. The van der Waals surface area contributed by atoms with Crippen LogP contribution in [0.5, 0.6) is 17.2 Å². The van der Waals surface area contributed by atoms with Gasteiger partial charge in [0.2, 0.25) is 0 Å². The number of carbonyl (C=O) groups is 2. The van der Waals surface area contributed by atoms with Gasteiger partial charge in [0.05, 0.1) is 30.9 Å². The average molecular weight is 516 g/mol. The molecule has 1 heterocycles. The van der Waals surface area contributed by atoms with Crippen LogP contribution in [-0.2, 0) is 16.1 Å². The zero-order valence-corrected chi connectivity index (χ0v) is 22.3. The number of nitrogens with zero attached hydrogens (tertiary/aromatic N) is 1. The van der Waals surface area contributed by atoms with Gasteiger partial charge in [0.1, 0.15) is 23.0 Å². The van der Waals surface area contributed by atoms with Crippen molar-refractivity contribution < 1.29 is 28.9 Å². The molecule has 0 bridgehead atoms. The average Bonchev–Trinajstić information content (AvgIpc) is 3.14. The maximum atomic E-state index is 13.4. The van der Waals surface area contributed by atoms with E-state index in [4.69, 9.17) is 14.2 Å². The normalized spacial score (nSPS) is 16.8. The van der Waals surface area contributed by atoms with Gasteiger partial charge in [0, 0.05) is 12.1 Å². The van der Waals surface area contributed by atoms with Gasteiger partial charge < -0.3 is 24.2 Å². The number of carbonyl (C=O) groups excluding carboxylic acids is 2. The fourth-order valence-electron chi connectivity index (χ4n) is 4.46. The fraction of sp³-hybridized carbons (Fsp3) is 0.290. The van der Waals surface area contributed by atoms with Crippen molar-refractivity contribution in [2.24, 2.45) is 0 Å². The Hall–Kier alpha value is -4.26. The minimum Gasteiger partial charge on any atom is -0.507 e. The summed E-state index contributed by atoms with van der Waals surface area (Å²) >= 11 is 0. The molecule has 3 aromatic carbocycles. The lowest BCUT2D eigenvalue weighted by Crippen LogP contribution is -2.29. The number of amides is 1. The van der Waals surface area contributed by atoms with Crippen molar-refractivity contribution in [3.8, 4) is 17.2 Å². The van der Waals surface area contributed by atoms with Gasteiger partial charge in [-0.3, -0.25) is 9.59 Å². The highest BCUT2D eigenvalue weighted by atomic mass is 16.5. The van der Waals surface area contributed by atoms with Crippen LogP contribution in [-0.4, -0.2) is 41.0 Å². The van der Waals surface area contributed by atoms with E-state index < -0.39 is 17.7 Å². The third-order valence-electron chi connectivity index (χ3n) is 6.10. The summed E-state index contributed by atoms with van der Waals surface area (Å²) in [5, 5.41) is 11.4. The number of hydrogen-bond acceptors (Lipinski definition) is 6. The van der Waals surface area contributed by atoms with E-state index in [1.807, 2.05) is 52.0 Å². The van der Waals surface area contributed by atoms with E-state index >= 15 is 0 Å². The van der Waals surface area contributed by atoms with E-state index in [-0.39, 0.29) is 30.1 Å². The van der Waals surface area contributed by atoms with Gasteiger partial charge in [0.25, 0.3) is 11.7 Å². The second-order valence-electron chi connectivity index (χ2n) is 9.71. The van der Waals surface area contributed by atoms with Crippen LogP contribution in [0.3, 0.4) is 0 Å². The Bertz CT molecular complexity index is 1330. The number of hydrogen-bond donors (Lipinski definition) is 1. The summed E-state index contributed by atoms with van der Waals surface area (Å²) in [7, 11) is 1.57. The number of benzene rings is 3. The van der Waals surface area contributed by atoms with Crippen LogP contribution in [0, 0.1) is 0 Å². The van der Waals surface area contributed by atoms with Crippen LogP contribution < -0.4 is 14.2 Å². The summed E-state index contributed by atoms with van der Waals surface area (Å²) in [6.07, 6.45) is -0.0206. The van der Waals surface area contributed by atoms with E-state index in [0.29, 0.717) is 22.6 Å². The largest absolute Gasteiger partial charge is 0.507 e. The zero-order chi connectivity index (χ0) is 27.4. The molecule has 1 aliphatic heterocycles. The summed E-state index contributed by atoms with van der Waals surface area (Å²) < 4.78 is 16.8. The fourth-order valence-corrected chi connectivity index (χ4v) is 4.46. The molecule has 4 rings (SSSR count). The molecule has 198 valence electrons. The molecule has 1 fully saturated rings.